The van der Waals surface area contributed by atoms with Gasteiger partial charge in [-0.05, 0) is 46.7 Å². The van der Waals surface area contributed by atoms with Crippen LogP contribution in [0.25, 0.3) is 0 Å². The minimum Gasteiger partial charge on any atom is -0.404 e. The third-order valence-electron chi connectivity index (χ3n) is 6.09. The van der Waals surface area contributed by atoms with Gasteiger partial charge in [-0.25, -0.2) is 10.8 Å². The van der Waals surface area contributed by atoms with Crippen molar-refractivity contribution in [2.45, 2.75) is 19.0 Å². The summed E-state index contributed by atoms with van der Waals surface area (Å²) in [5, 5.41) is 3.62. The molecule has 1 atom stereocenters. The van der Waals surface area contributed by atoms with Gasteiger partial charge in [0.1, 0.15) is 5.82 Å². The molecule has 3 aromatic rings. The quantitative estimate of drug-likeness (QED) is 0.166. The SMILES string of the molecule is NC=C(C=NCc1cccc(N2CCNC(c3ccccc3)C2)c1)Cc1cc(N)nc(NN)c1N. The molecule has 9 heteroatoms. The summed E-state index contributed by atoms with van der Waals surface area (Å²) in [5.74, 6) is 6.15. The maximum absolute atomic E-state index is 6.14. The zero-order valence-electron chi connectivity index (χ0n) is 19.7. The number of hydrogen-bond acceptors (Lipinski definition) is 9. The number of benzene rings is 2. The van der Waals surface area contributed by atoms with Gasteiger partial charge in [0.25, 0.3) is 0 Å². The standard InChI is InChI=1S/C26H33N9/c27-14-19(11-21-13-24(28)33-26(34-30)25(21)29)16-31-15-18-5-4-8-22(12-18)35-10-9-32-23(17-35)20-6-2-1-3-7-20/h1-8,12-14,16,23,32H,9-11,15,17,27,29-30H2,(H3,28,33,34). The van der Waals surface area contributed by atoms with Crippen LogP contribution in [0.1, 0.15) is 22.7 Å². The highest BCUT2D eigenvalue weighted by molar-refractivity contribution is 5.80. The van der Waals surface area contributed by atoms with Crippen molar-refractivity contribution in [2.24, 2.45) is 16.6 Å². The van der Waals surface area contributed by atoms with E-state index >= 15 is 0 Å². The fraction of sp³-hybridized carbons (Fsp3) is 0.231. The number of pyridine rings is 1. The van der Waals surface area contributed by atoms with Gasteiger partial charge in [-0.2, -0.15) is 0 Å². The molecule has 1 aromatic heterocycles. The van der Waals surface area contributed by atoms with E-state index in [9.17, 15) is 0 Å². The number of hydrazine groups is 1. The average molecular weight is 472 g/mol. The van der Waals surface area contributed by atoms with Crippen molar-refractivity contribution in [3.05, 3.63) is 89.1 Å². The molecule has 182 valence electrons. The molecule has 4 rings (SSSR count). The molecule has 0 amide bonds. The number of piperazine rings is 1. The largest absolute Gasteiger partial charge is 0.404 e. The molecule has 2 heterocycles. The van der Waals surface area contributed by atoms with Gasteiger partial charge in [-0.15, -0.1) is 0 Å². The van der Waals surface area contributed by atoms with Crippen LogP contribution in [0.15, 0.2) is 77.4 Å². The van der Waals surface area contributed by atoms with Crippen molar-refractivity contribution in [2.75, 3.05) is 41.4 Å². The molecular weight excluding hydrogens is 438 g/mol. The molecule has 1 unspecified atom stereocenters. The molecule has 0 radical (unpaired) electrons. The third-order valence-corrected chi connectivity index (χ3v) is 6.09. The van der Waals surface area contributed by atoms with E-state index in [1.807, 2.05) is 0 Å². The highest BCUT2D eigenvalue weighted by atomic mass is 15.3. The summed E-state index contributed by atoms with van der Waals surface area (Å²) in [7, 11) is 0. The molecule has 1 saturated heterocycles. The fourth-order valence-electron chi connectivity index (χ4n) is 4.27. The number of allylic oxidation sites excluding steroid dienone is 1. The number of nitrogens with two attached hydrogens (primary N) is 4. The zero-order chi connectivity index (χ0) is 24.6. The molecule has 35 heavy (non-hydrogen) atoms. The van der Waals surface area contributed by atoms with E-state index in [1.54, 1.807) is 12.3 Å². The Morgan fingerprint density at radius 3 is 2.74 bits per heavy atom. The van der Waals surface area contributed by atoms with E-state index in [4.69, 9.17) is 23.0 Å². The summed E-state index contributed by atoms with van der Waals surface area (Å²) in [6.45, 7) is 3.37. The van der Waals surface area contributed by atoms with Gasteiger partial charge in [-0.1, -0.05) is 42.5 Å². The van der Waals surface area contributed by atoms with Gasteiger partial charge in [-0.3, -0.25) is 4.99 Å². The first-order chi connectivity index (χ1) is 17.1. The Kier molecular flexibility index (Phi) is 7.81. The van der Waals surface area contributed by atoms with Gasteiger partial charge < -0.3 is 32.8 Å². The monoisotopic (exact) mass is 471 g/mol. The van der Waals surface area contributed by atoms with Crippen LogP contribution in [-0.2, 0) is 13.0 Å². The van der Waals surface area contributed by atoms with E-state index in [2.05, 4.69) is 80.2 Å². The number of aliphatic imine (C=N–C) groups is 1. The summed E-state index contributed by atoms with van der Waals surface area (Å²) < 4.78 is 0. The average Bonchev–Trinajstić information content (AvgIpc) is 2.90. The Balaban J connectivity index is 1.40. The predicted octanol–water partition coefficient (Wildman–Crippen LogP) is 2.34. The lowest BCUT2D eigenvalue weighted by Crippen LogP contribution is -2.45. The van der Waals surface area contributed by atoms with Crippen LogP contribution in [-0.4, -0.2) is 30.8 Å². The van der Waals surface area contributed by atoms with E-state index < -0.39 is 0 Å². The molecule has 10 N–H and O–H groups in total. The van der Waals surface area contributed by atoms with E-state index in [-0.39, 0.29) is 0 Å². The number of nitrogen functional groups attached to an aromatic ring is 3. The molecule has 0 bridgehead atoms. The van der Waals surface area contributed by atoms with Gasteiger partial charge in [0.05, 0.1) is 12.2 Å². The summed E-state index contributed by atoms with van der Waals surface area (Å²) in [6, 6.07) is 21.1. The van der Waals surface area contributed by atoms with Crippen LogP contribution in [0.2, 0.25) is 0 Å². The summed E-state index contributed by atoms with van der Waals surface area (Å²) >= 11 is 0. The Labute approximate surface area is 205 Å². The molecule has 0 saturated carbocycles. The predicted molar refractivity (Wildman–Crippen MR) is 145 cm³/mol. The van der Waals surface area contributed by atoms with Gasteiger partial charge in [0.15, 0.2) is 5.82 Å². The third kappa shape index (κ3) is 6.08. The Morgan fingerprint density at radius 2 is 1.97 bits per heavy atom. The topological polar surface area (TPSA) is 157 Å². The lowest BCUT2D eigenvalue weighted by atomic mass is 10.0. The lowest BCUT2D eigenvalue weighted by molar-refractivity contribution is 0.472. The Bertz CT molecular complexity index is 1190. The molecule has 1 fully saturated rings. The normalized spacial score (nSPS) is 16.5. The summed E-state index contributed by atoms with van der Waals surface area (Å²) in [5.41, 5.74) is 26.0. The maximum atomic E-state index is 6.14. The van der Waals surface area contributed by atoms with Crippen LogP contribution < -0.4 is 38.7 Å². The lowest BCUT2D eigenvalue weighted by Gasteiger charge is -2.35. The molecule has 0 spiro atoms. The number of nitrogens with zero attached hydrogens (tertiary/aromatic N) is 3. The first-order valence-electron chi connectivity index (χ1n) is 11.6. The van der Waals surface area contributed by atoms with Crippen LogP contribution in [0.5, 0.6) is 0 Å². The minimum atomic E-state index is 0.313. The van der Waals surface area contributed by atoms with Crippen molar-refractivity contribution in [3.63, 3.8) is 0 Å². The molecule has 1 aliphatic rings. The first kappa shape index (κ1) is 24.1. The van der Waals surface area contributed by atoms with E-state index in [0.717, 1.165) is 36.3 Å². The molecule has 2 aromatic carbocycles. The number of aromatic nitrogens is 1. The molecular formula is C26H33N9. The van der Waals surface area contributed by atoms with Gasteiger partial charge in [0, 0.05) is 44.0 Å². The molecule has 0 aliphatic carbocycles. The Morgan fingerprint density at radius 1 is 1.14 bits per heavy atom. The minimum absolute atomic E-state index is 0.313. The van der Waals surface area contributed by atoms with E-state index in [0.29, 0.717) is 36.3 Å². The first-order valence-corrected chi connectivity index (χ1v) is 11.6. The number of anilines is 4. The highest BCUT2D eigenvalue weighted by Crippen LogP contribution is 2.25. The van der Waals surface area contributed by atoms with Crippen LogP contribution in [0, 0.1) is 0 Å². The fourth-order valence-corrected chi connectivity index (χ4v) is 4.27. The van der Waals surface area contributed by atoms with Crippen molar-refractivity contribution in [3.8, 4) is 0 Å². The van der Waals surface area contributed by atoms with Crippen LogP contribution >= 0.6 is 0 Å². The summed E-state index contributed by atoms with van der Waals surface area (Å²) in [4.78, 5) is 11.1. The van der Waals surface area contributed by atoms with Gasteiger partial charge >= 0.3 is 0 Å². The maximum Gasteiger partial charge on any atom is 0.165 e. The second-order valence-corrected chi connectivity index (χ2v) is 8.53. The number of rotatable bonds is 8. The van der Waals surface area contributed by atoms with Crippen LogP contribution in [0.3, 0.4) is 0 Å². The smallest absolute Gasteiger partial charge is 0.165 e. The van der Waals surface area contributed by atoms with Gasteiger partial charge in [0.2, 0.25) is 0 Å². The summed E-state index contributed by atoms with van der Waals surface area (Å²) in [6.07, 6.45) is 3.76. The second-order valence-electron chi connectivity index (χ2n) is 8.53. The Hall–Kier alpha value is -4.08. The van der Waals surface area contributed by atoms with Crippen molar-refractivity contribution >= 4 is 29.2 Å². The van der Waals surface area contributed by atoms with Crippen molar-refractivity contribution < 1.29 is 0 Å². The molecule has 1 aliphatic heterocycles. The highest BCUT2D eigenvalue weighted by Gasteiger charge is 2.20. The number of hydrogen-bond donors (Lipinski definition) is 6. The van der Waals surface area contributed by atoms with Crippen molar-refractivity contribution in [1.82, 2.24) is 10.3 Å². The van der Waals surface area contributed by atoms with Crippen molar-refractivity contribution in [1.29, 1.82) is 0 Å². The van der Waals surface area contributed by atoms with E-state index in [1.165, 1.54) is 17.5 Å². The second kappa shape index (κ2) is 11.4. The van der Waals surface area contributed by atoms with Crippen LogP contribution in [0.4, 0.5) is 23.0 Å². The zero-order valence-corrected chi connectivity index (χ0v) is 19.7. The molecule has 9 nitrogen and oxygen atoms in total. The number of nitrogens with one attached hydrogen (secondary N) is 2.